The molecule has 0 saturated carbocycles. The number of hydrogen-bond acceptors (Lipinski definition) is 4. The molecule has 1 saturated heterocycles. The number of halogens is 1. The van der Waals surface area contributed by atoms with Crippen molar-refractivity contribution in [1.29, 1.82) is 0 Å². The highest BCUT2D eigenvalue weighted by Gasteiger charge is 2.18. The Hall–Kier alpha value is -1.59. The maximum absolute atomic E-state index is 11.9. The molecule has 21 heavy (non-hydrogen) atoms. The molecule has 1 fully saturated rings. The van der Waals surface area contributed by atoms with Gasteiger partial charge in [-0.05, 0) is 50.1 Å². The van der Waals surface area contributed by atoms with Crippen molar-refractivity contribution in [2.75, 3.05) is 19.0 Å². The number of nitrogens with one attached hydrogen (secondary N) is 2. The SMILES string of the molecule is COC(=O)c1ccc(NC(=O)CC2CCCN2)cc1C.Cl. The van der Waals surface area contributed by atoms with Gasteiger partial charge in [-0.1, -0.05) is 0 Å². The summed E-state index contributed by atoms with van der Waals surface area (Å²) in [4.78, 5) is 23.4. The molecule has 0 aliphatic carbocycles. The van der Waals surface area contributed by atoms with Crippen LogP contribution in [0.3, 0.4) is 0 Å². The summed E-state index contributed by atoms with van der Waals surface area (Å²) in [6.07, 6.45) is 2.66. The lowest BCUT2D eigenvalue weighted by atomic mass is 10.1. The van der Waals surface area contributed by atoms with Crippen LogP contribution in [-0.2, 0) is 9.53 Å². The van der Waals surface area contributed by atoms with Crippen LogP contribution >= 0.6 is 12.4 Å². The van der Waals surface area contributed by atoms with E-state index in [0.29, 0.717) is 17.7 Å². The molecule has 1 aromatic rings. The first-order chi connectivity index (χ1) is 9.60. The van der Waals surface area contributed by atoms with Crippen molar-refractivity contribution in [3.8, 4) is 0 Å². The molecule has 0 spiro atoms. The van der Waals surface area contributed by atoms with E-state index < -0.39 is 0 Å². The first-order valence-electron chi connectivity index (χ1n) is 6.82. The van der Waals surface area contributed by atoms with Crippen molar-refractivity contribution in [3.63, 3.8) is 0 Å². The van der Waals surface area contributed by atoms with E-state index in [4.69, 9.17) is 4.74 Å². The lowest BCUT2D eigenvalue weighted by molar-refractivity contribution is -0.116. The Morgan fingerprint density at radius 1 is 1.43 bits per heavy atom. The smallest absolute Gasteiger partial charge is 0.338 e. The van der Waals surface area contributed by atoms with Gasteiger partial charge in [-0.2, -0.15) is 0 Å². The predicted octanol–water partition coefficient (Wildman–Crippen LogP) is 2.28. The number of anilines is 1. The Bertz CT molecular complexity index is 514. The number of esters is 1. The third kappa shape index (κ3) is 4.72. The number of hydrogen-bond donors (Lipinski definition) is 2. The lowest BCUT2D eigenvalue weighted by Crippen LogP contribution is -2.27. The Morgan fingerprint density at radius 2 is 2.19 bits per heavy atom. The molecule has 1 aliphatic heterocycles. The van der Waals surface area contributed by atoms with Crippen molar-refractivity contribution in [2.45, 2.75) is 32.2 Å². The summed E-state index contributed by atoms with van der Waals surface area (Å²) in [5.74, 6) is -0.370. The highest BCUT2D eigenvalue weighted by atomic mass is 35.5. The van der Waals surface area contributed by atoms with Crippen LogP contribution < -0.4 is 10.6 Å². The maximum Gasteiger partial charge on any atom is 0.338 e. The molecule has 2 rings (SSSR count). The molecule has 1 heterocycles. The van der Waals surface area contributed by atoms with Crippen LogP contribution in [0.1, 0.15) is 35.2 Å². The van der Waals surface area contributed by atoms with Gasteiger partial charge in [-0.25, -0.2) is 4.79 Å². The summed E-state index contributed by atoms with van der Waals surface area (Å²) in [6, 6.07) is 5.46. The van der Waals surface area contributed by atoms with Crippen molar-refractivity contribution in [3.05, 3.63) is 29.3 Å². The molecule has 1 aliphatic rings. The molecule has 5 nitrogen and oxygen atoms in total. The Morgan fingerprint density at radius 3 is 2.76 bits per heavy atom. The van der Waals surface area contributed by atoms with Crippen molar-refractivity contribution in [2.24, 2.45) is 0 Å². The molecular weight excluding hydrogens is 292 g/mol. The zero-order valence-electron chi connectivity index (χ0n) is 12.3. The van der Waals surface area contributed by atoms with Crippen LogP contribution in [0.15, 0.2) is 18.2 Å². The van der Waals surface area contributed by atoms with E-state index in [1.165, 1.54) is 7.11 Å². The molecule has 0 radical (unpaired) electrons. The van der Waals surface area contributed by atoms with Crippen LogP contribution in [0.5, 0.6) is 0 Å². The summed E-state index contributed by atoms with van der Waals surface area (Å²) in [5, 5.41) is 6.16. The number of ether oxygens (including phenoxy) is 1. The maximum atomic E-state index is 11.9. The largest absolute Gasteiger partial charge is 0.465 e. The van der Waals surface area contributed by atoms with Crippen molar-refractivity contribution < 1.29 is 14.3 Å². The first kappa shape index (κ1) is 17.5. The molecular formula is C15H21ClN2O3. The fraction of sp³-hybridized carbons (Fsp3) is 0.467. The third-order valence-corrected chi connectivity index (χ3v) is 3.51. The van der Waals surface area contributed by atoms with Gasteiger partial charge >= 0.3 is 5.97 Å². The van der Waals surface area contributed by atoms with E-state index in [9.17, 15) is 9.59 Å². The van der Waals surface area contributed by atoms with E-state index in [0.717, 1.165) is 24.9 Å². The normalized spacial score (nSPS) is 17.0. The van der Waals surface area contributed by atoms with E-state index in [-0.39, 0.29) is 30.3 Å². The van der Waals surface area contributed by atoms with Gasteiger partial charge in [0.05, 0.1) is 12.7 Å². The predicted molar refractivity (Wildman–Crippen MR) is 84.0 cm³/mol. The van der Waals surface area contributed by atoms with Gasteiger partial charge in [0.2, 0.25) is 5.91 Å². The summed E-state index contributed by atoms with van der Waals surface area (Å²) in [6.45, 7) is 2.81. The van der Waals surface area contributed by atoms with Crippen molar-refractivity contribution in [1.82, 2.24) is 5.32 Å². The molecule has 116 valence electrons. The van der Waals surface area contributed by atoms with Gasteiger partial charge in [0.1, 0.15) is 0 Å². The molecule has 2 N–H and O–H groups in total. The number of aryl methyl sites for hydroxylation is 1. The number of benzene rings is 1. The molecule has 1 atom stereocenters. The van der Waals surface area contributed by atoms with Gasteiger partial charge in [0.25, 0.3) is 0 Å². The average molecular weight is 313 g/mol. The zero-order chi connectivity index (χ0) is 14.5. The van der Waals surface area contributed by atoms with Crippen LogP contribution in [0.4, 0.5) is 5.69 Å². The monoisotopic (exact) mass is 312 g/mol. The Labute approximate surface area is 130 Å². The van der Waals surface area contributed by atoms with Crippen LogP contribution in [0, 0.1) is 6.92 Å². The lowest BCUT2D eigenvalue weighted by Gasteiger charge is -2.11. The minimum absolute atomic E-state index is 0. The van der Waals surface area contributed by atoms with Gasteiger partial charge in [-0.3, -0.25) is 4.79 Å². The molecule has 0 aromatic heterocycles. The fourth-order valence-corrected chi connectivity index (χ4v) is 2.45. The van der Waals surface area contributed by atoms with Crippen LogP contribution in [0.25, 0.3) is 0 Å². The zero-order valence-corrected chi connectivity index (χ0v) is 13.1. The second-order valence-corrected chi connectivity index (χ2v) is 5.07. The Balaban J connectivity index is 0.00000220. The van der Waals surface area contributed by atoms with E-state index in [1.54, 1.807) is 18.2 Å². The average Bonchev–Trinajstić information content (AvgIpc) is 2.90. The quantitative estimate of drug-likeness (QED) is 0.837. The van der Waals surface area contributed by atoms with E-state index in [1.807, 2.05) is 6.92 Å². The minimum Gasteiger partial charge on any atom is -0.465 e. The summed E-state index contributed by atoms with van der Waals surface area (Å²) >= 11 is 0. The number of amides is 1. The second-order valence-electron chi connectivity index (χ2n) is 5.07. The molecule has 1 unspecified atom stereocenters. The van der Waals surface area contributed by atoms with Crippen molar-refractivity contribution >= 4 is 30.0 Å². The molecule has 6 heteroatoms. The van der Waals surface area contributed by atoms with Gasteiger partial charge in [0.15, 0.2) is 0 Å². The summed E-state index contributed by atoms with van der Waals surface area (Å²) < 4.78 is 4.69. The third-order valence-electron chi connectivity index (χ3n) is 3.51. The van der Waals surface area contributed by atoms with Gasteiger partial charge in [0, 0.05) is 18.2 Å². The van der Waals surface area contributed by atoms with Gasteiger partial charge < -0.3 is 15.4 Å². The minimum atomic E-state index is -0.365. The van der Waals surface area contributed by atoms with E-state index in [2.05, 4.69) is 10.6 Å². The topological polar surface area (TPSA) is 67.4 Å². The highest BCUT2D eigenvalue weighted by Crippen LogP contribution is 2.17. The molecule has 1 aromatic carbocycles. The number of carbonyl (C=O) groups excluding carboxylic acids is 2. The summed E-state index contributed by atoms with van der Waals surface area (Å²) in [7, 11) is 1.35. The van der Waals surface area contributed by atoms with Crippen LogP contribution in [-0.4, -0.2) is 31.6 Å². The fourth-order valence-electron chi connectivity index (χ4n) is 2.45. The molecule has 0 bridgehead atoms. The second kappa shape index (κ2) is 8.00. The first-order valence-corrected chi connectivity index (χ1v) is 6.82. The number of carbonyl (C=O) groups is 2. The standard InChI is InChI=1S/C15H20N2O3.ClH/c1-10-8-12(5-6-13(10)15(19)20-2)17-14(18)9-11-4-3-7-16-11;/h5-6,8,11,16H,3-4,7,9H2,1-2H3,(H,17,18);1H. The Kier molecular flexibility index (Phi) is 6.65. The number of methoxy groups -OCH3 is 1. The van der Waals surface area contributed by atoms with Gasteiger partial charge in [-0.15, -0.1) is 12.4 Å². The highest BCUT2D eigenvalue weighted by molar-refractivity contribution is 5.94. The number of rotatable bonds is 4. The van der Waals surface area contributed by atoms with E-state index >= 15 is 0 Å². The summed E-state index contributed by atoms with van der Waals surface area (Å²) in [5.41, 5.74) is 2.01. The molecule has 1 amide bonds. The van der Waals surface area contributed by atoms with Crippen LogP contribution in [0.2, 0.25) is 0 Å².